The highest BCUT2D eigenvalue weighted by Crippen LogP contribution is 2.38. The highest BCUT2D eigenvalue weighted by molar-refractivity contribution is 7.98. The summed E-state index contributed by atoms with van der Waals surface area (Å²) in [6.45, 7) is 4.66. The fourth-order valence-electron chi connectivity index (χ4n) is 2.89. The first-order valence-corrected chi connectivity index (χ1v) is 8.14. The van der Waals surface area contributed by atoms with Gasteiger partial charge in [0, 0.05) is 10.9 Å². The number of hydrogen-bond acceptors (Lipinski definition) is 3. The number of anilines is 1. The fourth-order valence-corrected chi connectivity index (χ4v) is 3.46. The van der Waals surface area contributed by atoms with Crippen molar-refractivity contribution >= 4 is 17.4 Å². The van der Waals surface area contributed by atoms with E-state index in [1.807, 2.05) is 24.5 Å². The van der Waals surface area contributed by atoms with Gasteiger partial charge in [-0.15, -0.1) is 11.8 Å². The van der Waals surface area contributed by atoms with E-state index in [4.69, 9.17) is 0 Å². The van der Waals surface area contributed by atoms with Crippen molar-refractivity contribution in [3.05, 3.63) is 23.8 Å². The zero-order valence-corrected chi connectivity index (χ0v) is 12.8. The van der Waals surface area contributed by atoms with Gasteiger partial charge in [-0.05, 0) is 36.6 Å². The first-order valence-electron chi connectivity index (χ1n) is 6.92. The Morgan fingerprint density at radius 1 is 1.37 bits per heavy atom. The normalized spacial score (nSPS) is 21.7. The summed E-state index contributed by atoms with van der Waals surface area (Å²) in [5.74, 6) is 0. The average Bonchev–Trinajstić information content (AvgIpc) is 2.40. The van der Waals surface area contributed by atoms with Crippen LogP contribution < -0.4 is 5.32 Å². The summed E-state index contributed by atoms with van der Waals surface area (Å²) in [5.41, 5.74) is 2.09. The fraction of sp³-hybridized carbons (Fsp3) is 0.562. The zero-order valence-electron chi connectivity index (χ0n) is 12.0. The lowest BCUT2D eigenvalue weighted by molar-refractivity contribution is 0.217. The topological polar surface area (TPSA) is 35.8 Å². The van der Waals surface area contributed by atoms with Gasteiger partial charge in [0.15, 0.2) is 0 Å². The maximum Gasteiger partial charge on any atom is 0.102 e. The van der Waals surface area contributed by atoms with Crippen LogP contribution in [0, 0.1) is 16.7 Å². The van der Waals surface area contributed by atoms with Gasteiger partial charge in [0.05, 0.1) is 11.3 Å². The summed E-state index contributed by atoms with van der Waals surface area (Å²) in [5, 5.41) is 13.0. The Kier molecular flexibility index (Phi) is 4.42. The second-order valence-electron chi connectivity index (χ2n) is 5.93. The van der Waals surface area contributed by atoms with Gasteiger partial charge < -0.3 is 5.32 Å². The molecular formula is C16H22N2S. The monoisotopic (exact) mass is 274 g/mol. The minimum Gasteiger partial charge on any atom is -0.381 e. The van der Waals surface area contributed by atoms with Crippen LogP contribution in [0.5, 0.6) is 0 Å². The average molecular weight is 274 g/mol. The van der Waals surface area contributed by atoms with E-state index in [1.54, 1.807) is 11.8 Å². The predicted octanol–water partition coefficient (Wildman–Crippen LogP) is 4.66. The first kappa shape index (κ1) is 14.3. The van der Waals surface area contributed by atoms with E-state index < -0.39 is 0 Å². The summed E-state index contributed by atoms with van der Waals surface area (Å²) in [6, 6.07) is 8.89. The molecule has 1 fully saturated rings. The summed E-state index contributed by atoms with van der Waals surface area (Å²) in [4.78, 5) is 1.06. The Bertz CT molecular complexity index is 488. The Balaban J connectivity index is 2.26. The molecule has 1 unspecified atom stereocenters. The van der Waals surface area contributed by atoms with Crippen molar-refractivity contribution in [1.82, 2.24) is 0 Å². The summed E-state index contributed by atoms with van der Waals surface area (Å²) in [6.07, 6.45) is 7.08. The van der Waals surface area contributed by atoms with Crippen LogP contribution in [0.4, 0.5) is 5.69 Å². The molecule has 1 aliphatic carbocycles. The van der Waals surface area contributed by atoms with Crippen molar-refractivity contribution in [3.63, 3.8) is 0 Å². The predicted molar refractivity (Wildman–Crippen MR) is 82.6 cm³/mol. The van der Waals surface area contributed by atoms with Crippen LogP contribution >= 0.6 is 11.8 Å². The van der Waals surface area contributed by atoms with Crippen molar-refractivity contribution in [3.8, 4) is 6.07 Å². The van der Waals surface area contributed by atoms with E-state index in [2.05, 4.69) is 25.2 Å². The lowest BCUT2D eigenvalue weighted by atomic mass is 9.73. The minimum absolute atomic E-state index is 0.306. The van der Waals surface area contributed by atoms with Gasteiger partial charge in [0.2, 0.25) is 0 Å². The molecule has 0 amide bonds. The Labute approximate surface area is 120 Å². The van der Waals surface area contributed by atoms with Gasteiger partial charge in [-0.1, -0.05) is 32.8 Å². The summed E-state index contributed by atoms with van der Waals surface area (Å²) >= 11 is 1.63. The molecule has 1 aromatic rings. The Morgan fingerprint density at radius 3 is 2.79 bits per heavy atom. The molecule has 0 spiro atoms. The molecule has 1 atom stereocenters. The van der Waals surface area contributed by atoms with Crippen LogP contribution in [-0.4, -0.2) is 12.3 Å². The van der Waals surface area contributed by atoms with Crippen LogP contribution in [0.15, 0.2) is 23.1 Å². The van der Waals surface area contributed by atoms with Crippen LogP contribution in [-0.2, 0) is 0 Å². The van der Waals surface area contributed by atoms with Gasteiger partial charge in [-0.25, -0.2) is 0 Å². The highest BCUT2D eigenvalue weighted by atomic mass is 32.2. The number of rotatable bonds is 3. The van der Waals surface area contributed by atoms with Crippen LogP contribution in [0.2, 0.25) is 0 Å². The molecule has 0 saturated heterocycles. The van der Waals surface area contributed by atoms with E-state index in [1.165, 1.54) is 25.7 Å². The van der Waals surface area contributed by atoms with E-state index in [0.717, 1.165) is 16.1 Å². The molecular weight excluding hydrogens is 252 g/mol. The maximum absolute atomic E-state index is 9.39. The third-order valence-electron chi connectivity index (χ3n) is 4.19. The van der Waals surface area contributed by atoms with E-state index in [9.17, 15) is 5.26 Å². The van der Waals surface area contributed by atoms with Gasteiger partial charge >= 0.3 is 0 Å². The van der Waals surface area contributed by atoms with E-state index in [-0.39, 0.29) is 0 Å². The number of hydrogen-bond donors (Lipinski definition) is 1. The number of benzene rings is 1. The molecule has 3 heteroatoms. The maximum atomic E-state index is 9.39. The number of thioether (sulfide) groups is 1. The van der Waals surface area contributed by atoms with Gasteiger partial charge in [-0.3, -0.25) is 0 Å². The zero-order chi connectivity index (χ0) is 13.9. The van der Waals surface area contributed by atoms with Crippen molar-refractivity contribution in [1.29, 1.82) is 5.26 Å². The van der Waals surface area contributed by atoms with Crippen molar-refractivity contribution in [2.75, 3.05) is 11.6 Å². The molecule has 1 aromatic carbocycles. The molecule has 19 heavy (non-hydrogen) atoms. The molecule has 1 saturated carbocycles. The first-order chi connectivity index (χ1) is 9.08. The Hall–Kier alpha value is -1.14. The lowest BCUT2D eigenvalue weighted by Gasteiger charge is -2.39. The second-order valence-corrected chi connectivity index (χ2v) is 6.77. The number of nitrogens with one attached hydrogen (secondary N) is 1. The van der Waals surface area contributed by atoms with Crippen molar-refractivity contribution < 1.29 is 0 Å². The number of nitrogens with zero attached hydrogens (tertiary/aromatic N) is 1. The Morgan fingerprint density at radius 2 is 2.16 bits per heavy atom. The third-order valence-corrected chi connectivity index (χ3v) is 4.97. The van der Waals surface area contributed by atoms with Crippen LogP contribution in [0.1, 0.15) is 45.1 Å². The molecule has 0 bridgehead atoms. The molecule has 0 aliphatic heterocycles. The SMILES string of the molecule is CSc1cccc(NC2CCCCC2(C)C)c1C#N. The molecule has 0 aromatic heterocycles. The van der Waals surface area contributed by atoms with E-state index >= 15 is 0 Å². The molecule has 2 nitrogen and oxygen atoms in total. The minimum atomic E-state index is 0.306. The summed E-state index contributed by atoms with van der Waals surface area (Å²) in [7, 11) is 0. The highest BCUT2D eigenvalue weighted by Gasteiger charge is 2.32. The molecule has 102 valence electrons. The van der Waals surface area contributed by atoms with E-state index in [0.29, 0.717) is 11.5 Å². The number of nitriles is 1. The third kappa shape index (κ3) is 3.06. The van der Waals surface area contributed by atoms with Gasteiger partial charge in [0.1, 0.15) is 6.07 Å². The molecule has 0 heterocycles. The second kappa shape index (κ2) is 5.88. The molecule has 1 aliphatic rings. The molecule has 1 N–H and O–H groups in total. The molecule has 0 radical (unpaired) electrons. The summed E-state index contributed by atoms with van der Waals surface area (Å²) < 4.78 is 0. The van der Waals surface area contributed by atoms with Crippen LogP contribution in [0.25, 0.3) is 0 Å². The molecule has 2 rings (SSSR count). The van der Waals surface area contributed by atoms with Crippen LogP contribution in [0.3, 0.4) is 0 Å². The van der Waals surface area contributed by atoms with Crippen molar-refractivity contribution in [2.45, 2.75) is 50.5 Å². The van der Waals surface area contributed by atoms with Gasteiger partial charge in [-0.2, -0.15) is 5.26 Å². The quantitative estimate of drug-likeness (QED) is 0.814. The standard InChI is InChI=1S/C16H22N2S/c1-16(2)10-5-4-9-15(16)18-13-7-6-8-14(19-3)12(13)11-17/h6-8,15,18H,4-5,9-10H2,1-3H3. The lowest BCUT2D eigenvalue weighted by Crippen LogP contribution is -2.39. The largest absolute Gasteiger partial charge is 0.381 e. The van der Waals surface area contributed by atoms with Crippen molar-refractivity contribution in [2.24, 2.45) is 5.41 Å². The smallest absolute Gasteiger partial charge is 0.102 e. The van der Waals surface area contributed by atoms with Gasteiger partial charge in [0.25, 0.3) is 0 Å².